The third-order valence-corrected chi connectivity index (χ3v) is 12.4. The van der Waals surface area contributed by atoms with Gasteiger partial charge in [0, 0.05) is 63.4 Å². The molecular weight excluding hydrogens is 1070 g/mol. The molecule has 79 heavy (non-hydrogen) atoms. The highest BCUT2D eigenvalue weighted by molar-refractivity contribution is 6.17. The third kappa shape index (κ3) is 14.5. The van der Waals surface area contributed by atoms with Crippen molar-refractivity contribution in [3.63, 3.8) is 0 Å². The second-order valence-electron chi connectivity index (χ2n) is 18.1. The summed E-state index contributed by atoms with van der Waals surface area (Å²) >= 11 is 5.09. The molecule has 0 N–H and O–H groups in total. The van der Waals surface area contributed by atoms with E-state index >= 15 is 0 Å². The minimum atomic E-state index is -4.47. The molecule has 0 aliphatic carbocycles. The van der Waals surface area contributed by atoms with Crippen LogP contribution in [-0.4, -0.2) is 71.1 Å². The normalized spacial score (nSPS) is 12.1. The topological polar surface area (TPSA) is 206 Å². The van der Waals surface area contributed by atoms with Gasteiger partial charge in [-0.2, -0.15) is 36.5 Å². The van der Waals surface area contributed by atoms with Gasteiger partial charge in [0.2, 0.25) is 0 Å². The molecule has 0 fully saturated rings. The molecule has 2 aromatic carbocycles. The Balaban J connectivity index is 0.000000227. The number of nitrogens with zero attached hydrogens (tertiary/aromatic N) is 11. The Hall–Kier alpha value is -7.83. The molecule has 0 spiro atoms. The molecule has 0 atom stereocenters. The van der Waals surface area contributed by atoms with Gasteiger partial charge in [0.05, 0.1) is 53.4 Å². The van der Waals surface area contributed by atoms with E-state index in [1.165, 1.54) is 46.0 Å². The van der Waals surface area contributed by atoms with Crippen LogP contribution >= 0.6 is 11.6 Å². The molecule has 1 aliphatic heterocycles. The fourth-order valence-corrected chi connectivity index (χ4v) is 8.68. The summed E-state index contributed by atoms with van der Waals surface area (Å²) in [7, 11) is 0. The van der Waals surface area contributed by atoms with Crippen LogP contribution in [-0.2, 0) is 83.8 Å². The van der Waals surface area contributed by atoms with Crippen LogP contribution in [0.5, 0.6) is 0 Å². The predicted octanol–water partition coefficient (Wildman–Crippen LogP) is 8.93. The van der Waals surface area contributed by atoms with E-state index in [1.54, 1.807) is 37.6 Å². The number of rotatable bonds is 19. The van der Waals surface area contributed by atoms with Crippen molar-refractivity contribution >= 4 is 46.2 Å². The monoisotopic (exact) mass is 1130 g/mol. The van der Waals surface area contributed by atoms with E-state index in [9.17, 15) is 55.1 Å². The molecule has 0 unspecified atom stereocenters. The number of ether oxygens (including phenoxy) is 2. The molecule has 1 aliphatic rings. The first kappa shape index (κ1) is 60.4. The molecule has 0 bridgehead atoms. The maximum atomic E-state index is 13.4. The predicted molar refractivity (Wildman–Crippen MR) is 282 cm³/mol. The van der Waals surface area contributed by atoms with E-state index in [0.717, 1.165) is 35.3 Å². The summed E-state index contributed by atoms with van der Waals surface area (Å²) in [6.07, 6.45) is 0.946. The number of hydrogen-bond acceptors (Lipinski definition) is 12. The fraction of sp³-hybridized carbons (Fsp3) is 0.434. The Bertz CT molecular complexity index is 3560. The first-order chi connectivity index (χ1) is 37.6. The van der Waals surface area contributed by atoms with Crippen molar-refractivity contribution in [3.8, 4) is 11.4 Å². The Morgan fingerprint density at radius 3 is 1.65 bits per heavy atom. The Labute approximate surface area is 453 Å². The summed E-state index contributed by atoms with van der Waals surface area (Å²) in [4.78, 5) is 83.6. The van der Waals surface area contributed by atoms with Gasteiger partial charge in [0.15, 0.2) is 24.0 Å². The maximum Gasteiger partial charge on any atom is 0.416 e. The van der Waals surface area contributed by atoms with Crippen LogP contribution in [0.25, 0.3) is 22.6 Å². The number of halogens is 7. The number of hydrogen-bond donors (Lipinski definition) is 0. The van der Waals surface area contributed by atoms with Gasteiger partial charge in [0.1, 0.15) is 11.6 Å². The van der Waals surface area contributed by atoms with Crippen molar-refractivity contribution in [1.82, 2.24) is 47.4 Å². The molecule has 0 radical (unpaired) electrons. The number of benzene rings is 2. The van der Waals surface area contributed by atoms with Gasteiger partial charge in [-0.25, -0.2) is 19.6 Å². The lowest BCUT2D eigenvalue weighted by molar-refractivity contribution is -0.147. The molecule has 424 valence electrons. The van der Waals surface area contributed by atoms with E-state index < -0.39 is 40.7 Å². The molecule has 5 aromatic heterocycles. The minimum absolute atomic E-state index is 0.0289. The highest BCUT2D eigenvalue weighted by atomic mass is 35.5. The van der Waals surface area contributed by atoms with Gasteiger partial charge in [-0.3, -0.25) is 51.4 Å². The lowest BCUT2D eigenvalue weighted by Gasteiger charge is -2.11. The smallest absolute Gasteiger partial charge is 0.416 e. The van der Waals surface area contributed by atoms with Crippen LogP contribution in [0.2, 0.25) is 0 Å². The molecular formula is C53H60ClF6N11O8. The Morgan fingerprint density at radius 2 is 1.14 bits per heavy atom. The number of esters is 2. The highest BCUT2D eigenvalue weighted by Gasteiger charge is 2.32. The number of carbonyl (C=O) groups excluding carboxylic acids is 2. The van der Waals surface area contributed by atoms with Crippen molar-refractivity contribution in [2.24, 2.45) is 4.99 Å². The van der Waals surface area contributed by atoms with E-state index in [4.69, 9.17) is 16.3 Å². The fourth-order valence-electron chi connectivity index (χ4n) is 8.56. The average molecular weight is 1130 g/mol. The number of alkyl halides is 7. The van der Waals surface area contributed by atoms with E-state index in [1.807, 2.05) is 34.6 Å². The van der Waals surface area contributed by atoms with Gasteiger partial charge in [-0.15, -0.1) is 0 Å². The largest absolute Gasteiger partial charge is 0.449 e. The zero-order valence-electron chi connectivity index (χ0n) is 44.4. The number of aliphatic imine (C=N–C) groups is 1. The highest BCUT2D eigenvalue weighted by Crippen LogP contribution is 2.32. The van der Waals surface area contributed by atoms with Crippen LogP contribution < -0.4 is 22.5 Å². The summed E-state index contributed by atoms with van der Waals surface area (Å²) < 4.78 is 97.8. The van der Waals surface area contributed by atoms with Gasteiger partial charge < -0.3 is 9.47 Å². The van der Waals surface area contributed by atoms with Crippen molar-refractivity contribution in [2.45, 2.75) is 145 Å². The van der Waals surface area contributed by atoms with E-state index in [-0.39, 0.29) is 86.0 Å². The van der Waals surface area contributed by atoms with Crippen LogP contribution in [0.15, 0.2) is 97.5 Å². The summed E-state index contributed by atoms with van der Waals surface area (Å²) in [6, 6.07) is 10.0. The molecule has 26 heteroatoms. The van der Waals surface area contributed by atoms with Crippen molar-refractivity contribution < 1.29 is 45.4 Å². The lowest BCUT2D eigenvalue weighted by Crippen LogP contribution is -2.41. The number of imidazole rings is 1. The van der Waals surface area contributed by atoms with Crippen LogP contribution in [0.3, 0.4) is 0 Å². The van der Waals surface area contributed by atoms with Crippen LogP contribution in [0.1, 0.15) is 113 Å². The van der Waals surface area contributed by atoms with Crippen LogP contribution in [0.4, 0.5) is 32.2 Å². The Morgan fingerprint density at radius 1 is 0.633 bits per heavy atom. The van der Waals surface area contributed by atoms with Gasteiger partial charge in [0.25, 0.3) is 11.1 Å². The Kier molecular flexibility index (Phi) is 20.4. The summed E-state index contributed by atoms with van der Waals surface area (Å²) in [5, 5.41) is 8.51. The lowest BCUT2D eigenvalue weighted by atomic mass is 10.1. The van der Waals surface area contributed by atoms with E-state index in [2.05, 4.69) is 24.9 Å². The van der Waals surface area contributed by atoms with Gasteiger partial charge in [-0.05, 0) is 74.9 Å². The average Bonchev–Trinajstić information content (AvgIpc) is 4.41. The van der Waals surface area contributed by atoms with E-state index in [0.29, 0.717) is 78.1 Å². The zero-order valence-corrected chi connectivity index (χ0v) is 45.1. The first-order valence-electron chi connectivity index (χ1n) is 25.5. The SMILES string of the molecule is CCCC(=O)OCCl.CCCC(=O)OCn1c(-c2cnn(Cc3cccc(C(F)(F)F)c3)c2)nc2c1c(=O)n(CCC)c(=O)n2CC.CCCn1c(=O)c2c(n(CC)c1=O)N=C(c1cnn(Cc3cccc(C(F)(F)F)c3)c1)C2. The molecule has 0 saturated heterocycles. The minimum Gasteiger partial charge on any atom is -0.449 e. The molecule has 7 aromatic rings. The molecule has 19 nitrogen and oxygen atoms in total. The second kappa shape index (κ2) is 26.7. The summed E-state index contributed by atoms with van der Waals surface area (Å²) in [5.41, 5.74) is 0.0612. The zero-order chi connectivity index (χ0) is 57.8. The van der Waals surface area contributed by atoms with Crippen molar-refractivity contribution in [1.29, 1.82) is 0 Å². The number of carbonyl (C=O) groups is 2. The van der Waals surface area contributed by atoms with Gasteiger partial charge >= 0.3 is 35.7 Å². The summed E-state index contributed by atoms with van der Waals surface area (Å²) in [6.45, 7) is 12.2. The number of aryl methyl sites for hydroxylation is 1. The maximum absolute atomic E-state index is 13.4. The van der Waals surface area contributed by atoms with Gasteiger partial charge in [-0.1, -0.05) is 63.6 Å². The van der Waals surface area contributed by atoms with Crippen LogP contribution in [0, 0.1) is 0 Å². The molecule has 0 saturated carbocycles. The van der Waals surface area contributed by atoms with Crippen molar-refractivity contribution in [3.05, 3.63) is 148 Å². The quantitative estimate of drug-likeness (QED) is 0.0424. The molecule has 0 amide bonds. The number of fused-ring (bicyclic) bond motifs is 2. The first-order valence-corrected chi connectivity index (χ1v) is 26.1. The number of aromatic nitrogens is 10. The van der Waals surface area contributed by atoms with Crippen molar-refractivity contribution in [2.75, 3.05) is 6.07 Å². The second-order valence-corrected chi connectivity index (χ2v) is 18.3. The molecule has 6 heterocycles. The standard InChI is InChI=1S/C26H29F3N6O4.C22H22F3N5O2.C5H9ClO2/c1-4-8-20(36)39-16-35-21-23(33(6-3)25(38)34(11-5-2)24(21)37)31-22(35)18-13-30-32(15-18)14-17-9-7-10-19(12-17)26(27,28)29;1-3-8-30-20(31)17-10-18(27-19(17)29(4-2)21(30)32)15-11-26-28(13-15)12-14-6-5-7-16(9-14)22(23,24)25;1-2-3-5(7)8-4-6/h7,9-10,12-13,15H,4-6,8,11,14,16H2,1-3H3;5-7,9,11,13H,3-4,8,10,12H2,1-2H3;2-4H2,1H3. The summed E-state index contributed by atoms with van der Waals surface area (Å²) in [5.74, 6) is -0.0706. The molecule has 8 rings (SSSR count). The third-order valence-electron chi connectivity index (χ3n) is 12.3.